The van der Waals surface area contributed by atoms with Crippen LogP contribution in [0.15, 0.2) is 84.2 Å². The fourth-order valence-electron chi connectivity index (χ4n) is 6.67. The van der Waals surface area contributed by atoms with Crippen molar-refractivity contribution in [2.24, 2.45) is 0 Å². The van der Waals surface area contributed by atoms with Crippen molar-refractivity contribution in [3.8, 4) is 0 Å². The van der Waals surface area contributed by atoms with E-state index in [-0.39, 0.29) is 20.8 Å². The average Bonchev–Trinajstić information content (AvgIpc) is 3.86. The van der Waals surface area contributed by atoms with Gasteiger partial charge in [-0.05, 0) is 59.5 Å². The monoisotopic (exact) mass is 639 g/mol. The molecule has 10 heteroatoms. The molecule has 0 bridgehead atoms. The molecule has 3 aliphatic heterocycles. The fraction of sp³-hybridized carbons (Fsp3) is 0.333. The van der Waals surface area contributed by atoms with Gasteiger partial charge in [-0.3, -0.25) is 5.01 Å². The van der Waals surface area contributed by atoms with Crippen LogP contribution in [0.25, 0.3) is 0 Å². The van der Waals surface area contributed by atoms with Gasteiger partial charge in [-0.1, -0.05) is 6.07 Å². The zero-order valence-corrected chi connectivity index (χ0v) is 27.7. The van der Waals surface area contributed by atoms with Gasteiger partial charge >= 0.3 is 11.8 Å². The number of rotatable bonds is 6. The number of carbonyl (C=O) groups excluding carboxylic acids is 2. The Morgan fingerprint density at radius 2 is 1.41 bits per heavy atom. The van der Waals surface area contributed by atoms with Crippen LogP contribution < -0.4 is 24.3 Å². The van der Waals surface area contributed by atoms with Crippen LogP contribution >= 0.6 is 11.3 Å². The highest BCUT2D eigenvalue weighted by Gasteiger charge is 2.40. The first-order valence-electron chi connectivity index (χ1n) is 15.8. The number of hydrogen-bond acceptors (Lipinski definition) is 8. The van der Waals surface area contributed by atoms with Gasteiger partial charge in [0, 0.05) is 62.4 Å². The van der Waals surface area contributed by atoms with Gasteiger partial charge in [0.25, 0.3) is 0 Å². The average molecular weight is 640 g/mol. The lowest BCUT2D eigenvalue weighted by Gasteiger charge is -2.38. The molecule has 1 spiro atoms. The molecule has 0 atom stereocenters. The summed E-state index contributed by atoms with van der Waals surface area (Å²) in [7, 11) is 7.73. The number of nitrogens with one attached hydrogen (secondary N) is 1. The van der Waals surface area contributed by atoms with Crippen LogP contribution in [0.4, 0.5) is 28.4 Å². The molecule has 238 valence electrons. The molecule has 3 aliphatic rings. The first kappa shape index (κ1) is 30.7. The van der Waals surface area contributed by atoms with Crippen LogP contribution in [0.2, 0.25) is 0 Å². The number of anilines is 3. The summed E-state index contributed by atoms with van der Waals surface area (Å²) in [5, 5.41) is 4.00. The Kier molecular flexibility index (Phi) is 7.83. The molecule has 7 rings (SSSR count). The third kappa shape index (κ3) is 5.45. The number of carbonyl (C=O) groups is 2. The van der Waals surface area contributed by atoms with E-state index in [1.54, 1.807) is 0 Å². The Bertz CT molecular complexity index is 1740. The number of ether oxygens (including phenoxy) is 2. The van der Waals surface area contributed by atoms with Crippen molar-refractivity contribution in [1.82, 2.24) is 14.4 Å². The molecule has 2 amide bonds. The molecular formula is C36H41N5O4S+2. The Hall–Kier alpha value is -3.90. The first-order chi connectivity index (χ1) is 22.1. The lowest BCUT2D eigenvalue weighted by molar-refractivity contribution is -0.169. The van der Waals surface area contributed by atoms with E-state index >= 15 is 0 Å². The predicted molar refractivity (Wildman–Crippen MR) is 185 cm³/mol. The van der Waals surface area contributed by atoms with Crippen LogP contribution in [0, 0.1) is 0 Å². The smallest absolute Gasteiger partial charge is 0.360 e. The zero-order chi connectivity index (χ0) is 32.1. The van der Waals surface area contributed by atoms with Gasteiger partial charge < -0.3 is 14.4 Å². The van der Waals surface area contributed by atoms with Gasteiger partial charge in [-0.15, -0.1) is 11.3 Å². The second-order valence-electron chi connectivity index (χ2n) is 13.1. The van der Waals surface area contributed by atoms with Crippen molar-refractivity contribution < 1.29 is 19.1 Å². The zero-order valence-electron chi connectivity index (χ0n) is 26.9. The van der Waals surface area contributed by atoms with E-state index in [1.807, 2.05) is 88.2 Å². The highest BCUT2D eigenvalue weighted by atomic mass is 32.1. The van der Waals surface area contributed by atoms with Gasteiger partial charge in [0.1, 0.15) is 16.3 Å². The molecule has 4 aromatic rings. The Morgan fingerprint density at radius 1 is 0.783 bits per heavy atom. The Balaban J connectivity index is 1.03. The number of benzene rings is 3. The lowest BCUT2D eigenvalue weighted by Crippen LogP contribution is -2.46. The molecule has 0 unspecified atom stereocenters. The van der Waals surface area contributed by atoms with Crippen molar-refractivity contribution >= 4 is 51.6 Å². The van der Waals surface area contributed by atoms with E-state index < -0.39 is 5.79 Å². The summed E-state index contributed by atoms with van der Waals surface area (Å²) in [4.78, 5) is 30.0. The highest BCUT2D eigenvalue weighted by Crippen LogP contribution is 2.38. The minimum Gasteiger partial charge on any atom is -0.371 e. The number of thiophene rings is 1. The number of nitrogens with zero attached hydrogens (tertiary/aromatic N) is 4. The molecule has 0 radical (unpaired) electrons. The minimum atomic E-state index is -0.399. The van der Waals surface area contributed by atoms with Crippen LogP contribution in [-0.2, 0) is 16.0 Å². The molecular weight excluding hydrogens is 598 g/mol. The largest absolute Gasteiger partial charge is 0.371 e. The quantitative estimate of drug-likeness (QED) is 0.257. The summed E-state index contributed by atoms with van der Waals surface area (Å²) in [5.41, 5.74) is 10.3. The van der Waals surface area contributed by atoms with E-state index in [0.717, 1.165) is 64.8 Å². The molecule has 46 heavy (non-hydrogen) atoms. The van der Waals surface area contributed by atoms with E-state index in [9.17, 15) is 9.59 Å². The van der Waals surface area contributed by atoms with E-state index in [0.29, 0.717) is 25.3 Å². The number of amides is 2. The van der Waals surface area contributed by atoms with Crippen molar-refractivity contribution in [1.29, 1.82) is 0 Å². The number of hydrogen-bond donors (Lipinski definition) is 1. The summed E-state index contributed by atoms with van der Waals surface area (Å²) in [6, 6.07) is 26.1. The van der Waals surface area contributed by atoms with Crippen molar-refractivity contribution in [2.75, 3.05) is 64.4 Å². The van der Waals surface area contributed by atoms with Crippen LogP contribution in [0.1, 0.15) is 38.4 Å². The van der Waals surface area contributed by atoms with Gasteiger partial charge in [0.15, 0.2) is 5.79 Å². The van der Waals surface area contributed by atoms with Crippen LogP contribution in [-0.4, -0.2) is 72.1 Å². The topological polar surface area (TPSA) is 71.1 Å². The number of fused-ring (bicyclic) bond motifs is 1. The van der Waals surface area contributed by atoms with E-state index in [4.69, 9.17) is 9.47 Å². The molecule has 3 aromatic carbocycles. The van der Waals surface area contributed by atoms with Gasteiger partial charge in [0.05, 0.1) is 58.3 Å². The standard InChI is InChI=1S/C36H41N5O4S/c1-40(2,35(43)33-6-5-23-46-33)30-13-11-29(12-14-30)39-32-16-15-31(24-27(32)25-37-39)41(3,4)34(42)26-7-9-28(10-8-26)38-19-17-36(18-20-38)44-21-22-45-36/h5-16,23-24,37H,17-22,25H2,1-4H3/q+2. The minimum absolute atomic E-state index is 0.0353. The molecule has 4 heterocycles. The molecule has 0 saturated carbocycles. The Morgan fingerprint density at radius 3 is 2.07 bits per heavy atom. The molecule has 2 saturated heterocycles. The second-order valence-corrected chi connectivity index (χ2v) is 14.1. The SMILES string of the molecule is C[N+](C)(C(=O)c1ccc(N2CCC3(CC2)OCCO3)cc1)c1ccc2c(c1)CNN2c1ccc([N+](C)(C)C(=O)c2cccs2)cc1. The van der Waals surface area contributed by atoms with Gasteiger partial charge in [0.2, 0.25) is 0 Å². The molecule has 1 N–H and O–H groups in total. The number of hydrazine groups is 1. The first-order valence-corrected chi connectivity index (χ1v) is 16.7. The Labute approximate surface area is 274 Å². The summed E-state index contributed by atoms with van der Waals surface area (Å²) in [6.45, 7) is 3.74. The third-order valence-corrected chi connectivity index (χ3v) is 10.6. The third-order valence-electron chi connectivity index (χ3n) is 9.70. The summed E-state index contributed by atoms with van der Waals surface area (Å²) < 4.78 is 12.0. The van der Waals surface area contributed by atoms with Crippen molar-refractivity contribution in [3.05, 3.63) is 100 Å². The van der Waals surface area contributed by atoms with Gasteiger partial charge in [-0.2, -0.15) is 0 Å². The maximum Gasteiger partial charge on any atom is 0.360 e. The normalized spacial score (nSPS) is 17.8. The summed E-state index contributed by atoms with van der Waals surface area (Å²) in [5.74, 6) is -0.298. The second kappa shape index (κ2) is 11.7. The lowest BCUT2D eigenvalue weighted by atomic mass is 10.0. The van der Waals surface area contributed by atoms with Crippen molar-refractivity contribution in [2.45, 2.75) is 25.2 Å². The van der Waals surface area contributed by atoms with E-state index in [1.165, 1.54) is 11.3 Å². The van der Waals surface area contributed by atoms with Gasteiger partial charge in [-0.25, -0.2) is 24.0 Å². The molecule has 9 nitrogen and oxygen atoms in total. The molecule has 0 aliphatic carbocycles. The van der Waals surface area contributed by atoms with E-state index in [2.05, 4.69) is 39.6 Å². The maximum absolute atomic E-state index is 13.8. The molecule has 2 fully saturated rings. The predicted octanol–water partition coefficient (Wildman–Crippen LogP) is 6.06. The van der Waals surface area contributed by atoms with Crippen LogP contribution in [0.3, 0.4) is 0 Å². The van der Waals surface area contributed by atoms with Crippen LogP contribution in [0.5, 0.6) is 0 Å². The fourth-order valence-corrected chi connectivity index (χ4v) is 7.46. The summed E-state index contributed by atoms with van der Waals surface area (Å²) in [6.07, 6.45) is 1.70. The van der Waals surface area contributed by atoms with Crippen molar-refractivity contribution in [3.63, 3.8) is 0 Å². The summed E-state index contributed by atoms with van der Waals surface area (Å²) >= 11 is 1.47. The number of piperidine rings is 1. The molecule has 1 aromatic heterocycles. The maximum atomic E-state index is 13.8. The number of quaternary nitrogens is 2. The highest BCUT2D eigenvalue weighted by molar-refractivity contribution is 7.12.